The van der Waals surface area contributed by atoms with Crippen LogP contribution in [0.5, 0.6) is 0 Å². The van der Waals surface area contributed by atoms with Gasteiger partial charge >= 0.3 is 0 Å². The summed E-state index contributed by atoms with van der Waals surface area (Å²) in [5.74, 6) is -1.01. The number of hydrogen-bond acceptors (Lipinski definition) is 1. The van der Waals surface area contributed by atoms with Crippen molar-refractivity contribution >= 4 is 0 Å². The van der Waals surface area contributed by atoms with E-state index in [1.54, 1.807) is 0 Å². The highest BCUT2D eigenvalue weighted by Crippen LogP contribution is 2.23. The fraction of sp³-hybridized carbons (Fsp3) is 0.455. The van der Waals surface area contributed by atoms with E-state index in [2.05, 4.69) is 0 Å². The highest BCUT2D eigenvalue weighted by Gasteiger charge is 2.12. The molecule has 78 valence electrons. The van der Waals surface area contributed by atoms with Crippen LogP contribution in [-0.2, 0) is 0 Å². The molecule has 2 atom stereocenters. The zero-order valence-corrected chi connectivity index (χ0v) is 8.43. The van der Waals surface area contributed by atoms with E-state index in [9.17, 15) is 8.78 Å². The number of benzene rings is 1. The van der Waals surface area contributed by atoms with Crippen molar-refractivity contribution in [3.63, 3.8) is 0 Å². The molecule has 2 unspecified atom stereocenters. The van der Waals surface area contributed by atoms with Crippen molar-refractivity contribution in [2.75, 3.05) is 0 Å². The van der Waals surface area contributed by atoms with Gasteiger partial charge in [0.15, 0.2) is 0 Å². The Balaban J connectivity index is 2.84. The van der Waals surface area contributed by atoms with Crippen molar-refractivity contribution in [2.45, 2.75) is 32.2 Å². The molecule has 0 aliphatic heterocycles. The van der Waals surface area contributed by atoms with Gasteiger partial charge in [0.25, 0.3) is 0 Å². The van der Waals surface area contributed by atoms with Crippen molar-refractivity contribution in [3.8, 4) is 0 Å². The third-order valence-corrected chi connectivity index (χ3v) is 2.22. The van der Waals surface area contributed by atoms with Gasteiger partial charge in [0.2, 0.25) is 0 Å². The SMILES string of the molecule is CC(N)CC(C)c1ccc(F)cc1F. The molecule has 3 heteroatoms. The van der Waals surface area contributed by atoms with E-state index >= 15 is 0 Å². The van der Waals surface area contributed by atoms with E-state index in [4.69, 9.17) is 5.73 Å². The van der Waals surface area contributed by atoms with Crippen LogP contribution < -0.4 is 5.73 Å². The van der Waals surface area contributed by atoms with E-state index in [0.717, 1.165) is 6.07 Å². The molecular weight excluding hydrogens is 184 g/mol. The molecule has 0 saturated carbocycles. The van der Waals surface area contributed by atoms with Gasteiger partial charge in [-0.2, -0.15) is 0 Å². The third kappa shape index (κ3) is 2.77. The van der Waals surface area contributed by atoms with Gasteiger partial charge < -0.3 is 5.73 Å². The number of halogens is 2. The van der Waals surface area contributed by atoms with E-state index in [0.29, 0.717) is 12.0 Å². The van der Waals surface area contributed by atoms with Crippen molar-refractivity contribution in [2.24, 2.45) is 5.73 Å². The normalized spacial score (nSPS) is 15.2. The molecule has 1 aromatic carbocycles. The first-order chi connectivity index (χ1) is 6.50. The number of nitrogens with two attached hydrogens (primary N) is 1. The maximum atomic E-state index is 13.3. The summed E-state index contributed by atoms with van der Waals surface area (Å²) in [5.41, 5.74) is 6.15. The molecule has 0 heterocycles. The van der Waals surface area contributed by atoms with Crippen LogP contribution in [0.15, 0.2) is 18.2 Å². The summed E-state index contributed by atoms with van der Waals surface area (Å²) in [7, 11) is 0. The van der Waals surface area contributed by atoms with Gasteiger partial charge in [0.05, 0.1) is 0 Å². The van der Waals surface area contributed by atoms with Gasteiger partial charge in [-0.25, -0.2) is 8.78 Å². The van der Waals surface area contributed by atoms with Gasteiger partial charge in [-0.3, -0.25) is 0 Å². The van der Waals surface area contributed by atoms with Crippen molar-refractivity contribution in [1.82, 2.24) is 0 Å². The maximum absolute atomic E-state index is 13.3. The Morgan fingerprint density at radius 3 is 2.43 bits per heavy atom. The van der Waals surface area contributed by atoms with Crippen molar-refractivity contribution in [1.29, 1.82) is 0 Å². The first-order valence-corrected chi connectivity index (χ1v) is 4.71. The fourth-order valence-electron chi connectivity index (χ4n) is 1.59. The molecular formula is C11H15F2N. The Morgan fingerprint density at radius 2 is 1.93 bits per heavy atom. The summed E-state index contributed by atoms with van der Waals surface area (Å²) >= 11 is 0. The highest BCUT2D eigenvalue weighted by molar-refractivity contribution is 5.22. The van der Waals surface area contributed by atoms with Crippen molar-refractivity contribution < 1.29 is 8.78 Å². The van der Waals surface area contributed by atoms with E-state index in [1.165, 1.54) is 12.1 Å². The first-order valence-electron chi connectivity index (χ1n) is 4.71. The summed E-state index contributed by atoms with van der Waals surface area (Å²) in [6.45, 7) is 3.76. The molecule has 0 saturated heterocycles. The van der Waals surface area contributed by atoms with Gasteiger partial charge in [-0.05, 0) is 30.9 Å². The quantitative estimate of drug-likeness (QED) is 0.795. The molecule has 0 bridgehead atoms. The number of hydrogen-bond donors (Lipinski definition) is 1. The Labute approximate surface area is 82.9 Å². The van der Waals surface area contributed by atoms with E-state index < -0.39 is 11.6 Å². The Hall–Kier alpha value is -0.960. The average molecular weight is 199 g/mol. The summed E-state index contributed by atoms with van der Waals surface area (Å²) in [5, 5.41) is 0. The molecule has 2 N–H and O–H groups in total. The van der Waals surface area contributed by atoms with Crippen LogP contribution in [-0.4, -0.2) is 6.04 Å². The van der Waals surface area contributed by atoms with Crippen LogP contribution >= 0.6 is 0 Å². The zero-order chi connectivity index (χ0) is 10.7. The molecule has 0 aliphatic carbocycles. The molecule has 0 aromatic heterocycles. The molecule has 0 spiro atoms. The molecule has 0 amide bonds. The predicted molar refractivity (Wildman–Crippen MR) is 53.0 cm³/mol. The lowest BCUT2D eigenvalue weighted by molar-refractivity contribution is 0.530. The smallest absolute Gasteiger partial charge is 0.129 e. The summed E-state index contributed by atoms with van der Waals surface area (Å²) in [6, 6.07) is 3.69. The Bertz CT molecular complexity index is 310. The summed E-state index contributed by atoms with van der Waals surface area (Å²) in [6.07, 6.45) is 0.697. The van der Waals surface area contributed by atoms with Crippen LogP contribution in [0, 0.1) is 11.6 Å². The largest absolute Gasteiger partial charge is 0.328 e. The van der Waals surface area contributed by atoms with Crippen LogP contribution in [0.1, 0.15) is 31.7 Å². The zero-order valence-electron chi connectivity index (χ0n) is 8.43. The topological polar surface area (TPSA) is 26.0 Å². The molecule has 0 aliphatic rings. The molecule has 14 heavy (non-hydrogen) atoms. The lowest BCUT2D eigenvalue weighted by Crippen LogP contribution is -2.18. The van der Waals surface area contributed by atoms with Crippen LogP contribution in [0.25, 0.3) is 0 Å². The second-order valence-corrected chi connectivity index (χ2v) is 3.78. The van der Waals surface area contributed by atoms with E-state index in [-0.39, 0.29) is 12.0 Å². The summed E-state index contributed by atoms with van der Waals surface area (Å²) < 4.78 is 25.9. The molecule has 0 fully saturated rings. The molecule has 1 aromatic rings. The van der Waals surface area contributed by atoms with Crippen LogP contribution in [0.3, 0.4) is 0 Å². The maximum Gasteiger partial charge on any atom is 0.129 e. The first kappa shape index (κ1) is 11.1. The highest BCUT2D eigenvalue weighted by atomic mass is 19.1. The monoisotopic (exact) mass is 199 g/mol. The van der Waals surface area contributed by atoms with Gasteiger partial charge in [0, 0.05) is 12.1 Å². The number of rotatable bonds is 3. The standard InChI is InChI=1S/C11H15F2N/c1-7(5-8(2)14)10-4-3-9(12)6-11(10)13/h3-4,6-8H,5,14H2,1-2H3. The minimum absolute atomic E-state index is 0.0226. The summed E-state index contributed by atoms with van der Waals surface area (Å²) in [4.78, 5) is 0. The molecule has 0 radical (unpaired) electrons. The van der Waals surface area contributed by atoms with Crippen LogP contribution in [0.2, 0.25) is 0 Å². The van der Waals surface area contributed by atoms with Crippen molar-refractivity contribution in [3.05, 3.63) is 35.4 Å². The molecule has 1 rings (SSSR count). The fourth-order valence-corrected chi connectivity index (χ4v) is 1.59. The van der Waals surface area contributed by atoms with E-state index in [1.807, 2.05) is 13.8 Å². The van der Waals surface area contributed by atoms with Gasteiger partial charge in [0.1, 0.15) is 11.6 Å². The third-order valence-electron chi connectivity index (χ3n) is 2.22. The minimum Gasteiger partial charge on any atom is -0.328 e. The lowest BCUT2D eigenvalue weighted by atomic mass is 9.94. The van der Waals surface area contributed by atoms with Gasteiger partial charge in [-0.15, -0.1) is 0 Å². The minimum atomic E-state index is -0.542. The second kappa shape index (κ2) is 4.51. The Kier molecular flexibility index (Phi) is 3.58. The second-order valence-electron chi connectivity index (χ2n) is 3.78. The Morgan fingerprint density at radius 1 is 1.29 bits per heavy atom. The van der Waals surface area contributed by atoms with Crippen LogP contribution in [0.4, 0.5) is 8.78 Å². The van der Waals surface area contributed by atoms with Gasteiger partial charge in [-0.1, -0.05) is 13.0 Å². The lowest BCUT2D eigenvalue weighted by Gasteiger charge is -2.14. The average Bonchev–Trinajstić information content (AvgIpc) is 2.01. The molecule has 1 nitrogen and oxygen atoms in total. The predicted octanol–water partition coefficient (Wildman–Crippen LogP) is 2.81.